The molecular weight excluding hydrogens is 512 g/mol. The van der Waals surface area contributed by atoms with Gasteiger partial charge in [-0.1, -0.05) is 38.5 Å². The molecule has 3 saturated heterocycles. The average molecular weight is 561 g/mol. The summed E-state index contributed by atoms with van der Waals surface area (Å²) in [5.41, 5.74) is 2.56. The quantitative estimate of drug-likeness (QED) is 0.509. The number of aromatic nitrogens is 4. The second-order valence-electron chi connectivity index (χ2n) is 10.9. The zero-order valence-corrected chi connectivity index (χ0v) is 25.4. The normalized spacial score (nSPS) is 20.0. The number of nitrogens with zero attached hydrogens (tertiary/aromatic N) is 7. The van der Waals surface area contributed by atoms with E-state index in [1.165, 1.54) is 76.4 Å². The number of likely N-dealkylation sites (tertiary alicyclic amines) is 1. The summed E-state index contributed by atoms with van der Waals surface area (Å²) < 4.78 is 1.59. The van der Waals surface area contributed by atoms with Gasteiger partial charge in [0.2, 0.25) is 5.95 Å². The van der Waals surface area contributed by atoms with Crippen molar-refractivity contribution in [1.82, 2.24) is 29.7 Å². The van der Waals surface area contributed by atoms with Gasteiger partial charge in [0.1, 0.15) is 6.33 Å². The highest BCUT2D eigenvalue weighted by molar-refractivity contribution is 5.55. The number of rotatable bonds is 4. The molecule has 0 radical (unpaired) electrons. The van der Waals surface area contributed by atoms with Crippen LogP contribution < -0.4 is 20.7 Å². The number of anilines is 2. The Balaban J connectivity index is 0.000000180. The summed E-state index contributed by atoms with van der Waals surface area (Å²) in [7, 11) is 1.75. The Morgan fingerprint density at radius 3 is 2.27 bits per heavy atom. The zero-order valence-electron chi connectivity index (χ0n) is 25.4. The van der Waals surface area contributed by atoms with Gasteiger partial charge >= 0.3 is 0 Å². The molecule has 0 amide bonds. The van der Waals surface area contributed by atoms with E-state index in [0.29, 0.717) is 23.4 Å². The van der Waals surface area contributed by atoms with E-state index < -0.39 is 0 Å². The van der Waals surface area contributed by atoms with Gasteiger partial charge in [-0.05, 0) is 63.9 Å². The van der Waals surface area contributed by atoms with Crippen molar-refractivity contribution in [2.75, 3.05) is 55.6 Å². The van der Waals surface area contributed by atoms with Crippen molar-refractivity contribution < 1.29 is 0 Å². The third kappa shape index (κ3) is 8.36. The van der Waals surface area contributed by atoms with Crippen molar-refractivity contribution in [2.45, 2.75) is 65.0 Å². The number of hydrogen-bond donors (Lipinski definition) is 1. The van der Waals surface area contributed by atoms with Crippen molar-refractivity contribution in [1.29, 1.82) is 0 Å². The second kappa shape index (κ2) is 15.6. The maximum Gasteiger partial charge on any atom is 0.255 e. The van der Waals surface area contributed by atoms with Crippen LogP contribution in [0.15, 0.2) is 59.8 Å². The summed E-state index contributed by atoms with van der Waals surface area (Å²) in [5.74, 6) is 0.685. The van der Waals surface area contributed by atoms with Crippen LogP contribution in [-0.2, 0) is 7.05 Å². The van der Waals surface area contributed by atoms with Gasteiger partial charge in [0, 0.05) is 69.8 Å². The number of benzene rings is 1. The van der Waals surface area contributed by atoms with Crippen LogP contribution in [0.4, 0.5) is 11.6 Å². The maximum atomic E-state index is 12.2. The molecule has 41 heavy (non-hydrogen) atoms. The molecule has 1 N–H and O–H groups in total. The largest absolute Gasteiger partial charge is 0.371 e. The van der Waals surface area contributed by atoms with Crippen LogP contribution in [0, 0.1) is 0 Å². The van der Waals surface area contributed by atoms with E-state index in [9.17, 15) is 4.79 Å². The van der Waals surface area contributed by atoms with E-state index in [1.54, 1.807) is 23.9 Å². The van der Waals surface area contributed by atoms with E-state index in [4.69, 9.17) is 0 Å². The Hall–Kier alpha value is -3.30. The SMILES string of the molecule is CC.CC1CN(c2nc(-c3ccncn3)cc(=O)n2C)CCN1.c1ccc(N2CCC(N3CCCCC3)CC2)cc1. The molecule has 1 aromatic carbocycles. The molecule has 3 aliphatic rings. The lowest BCUT2D eigenvalue weighted by Crippen LogP contribution is -2.50. The number of piperidine rings is 2. The monoisotopic (exact) mass is 560 g/mol. The third-order valence-corrected chi connectivity index (χ3v) is 8.10. The smallest absolute Gasteiger partial charge is 0.255 e. The first-order chi connectivity index (χ1) is 20.1. The Bertz CT molecular complexity index is 1220. The molecule has 3 aromatic rings. The lowest BCUT2D eigenvalue weighted by atomic mass is 9.99. The van der Waals surface area contributed by atoms with Gasteiger partial charge in [-0.15, -0.1) is 0 Å². The molecule has 3 aliphatic heterocycles. The molecule has 2 aromatic heterocycles. The van der Waals surface area contributed by atoms with Crippen LogP contribution >= 0.6 is 0 Å². The van der Waals surface area contributed by atoms with Gasteiger partial charge in [-0.2, -0.15) is 0 Å². The van der Waals surface area contributed by atoms with E-state index >= 15 is 0 Å². The number of nitrogens with one attached hydrogen (secondary N) is 1. The van der Waals surface area contributed by atoms with Crippen LogP contribution in [0.5, 0.6) is 0 Å². The molecule has 5 heterocycles. The third-order valence-electron chi connectivity index (χ3n) is 8.10. The van der Waals surface area contributed by atoms with Crippen molar-refractivity contribution in [3.05, 3.63) is 65.3 Å². The number of para-hydroxylation sites is 1. The molecule has 6 rings (SSSR count). The molecule has 222 valence electrons. The summed E-state index contributed by atoms with van der Waals surface area (Å²) >= 11 is 0. The summed E-state index contributed by atoms with van der Waals surface area (Å²) in [6, 6.07) is 15.4. The lowest BCUT2D eigenvalue weighted by molar-refractivity contribution is 0.141. The molecule has 9 nitrogen and oxygen atoms in total. The first-order valence-electron chi connectivity index (χ1n) is 15.5. The molecule has 0 spiro atoms. The van der Waals surface area contributed by atoms with Crippen LogP contribution in [0.2, 0.25) is 0 Å². The predicted molar refractivity (Wildman–Crippen MR) is 169 cm³/mol. The fourth-order valence-corrected chi connectivity index (χ4v) is 5.91. The zero-order chi connectivity index (χ0) is 29.0. The van der Waals surface area contributed by atoms with Gasteiger partial charge in [0.05, 0.1) is 11.4 Å². The Kier molecular flexibility index (Phi) is 11.7. The molecule has 0 saturated carbocycles. The predicted octanol–water partition coefficient (Wildman–Crippen LogP) is 4.20. The van der Waals surface area contributed by atoms with Crippen LogP contribution in [0.25, 0.3) is 11.4 Å². The van der Waals surface area contributed by atoms with Gasteiger partial charge in [-0.25, -0.2) is 15.0 Å². The van der Waals surface area contributed by atoms with Crippen LogP contribution in [0.3, 0.4) is 0 Å². The number of piperazine rings is 1. The molecule has 3 fully saturated rings. The second-order valence-corrected chi connectivity index (χ2v) is 10.9. The van der Waals surface area contributed by atoms with Crippen LogP contribution in [-0.4, -0.2) is 82.3 Å². The standard InChI is InChI=1S/C16H24N2.C14H18N6O.C2H6/c1-3-7-15(8-4-1)18-13-9-16(10-14-18)17-11-5-2-6-12-17;1-10-8-20(6-5-16-10)14-18-12(7-13(21)19(14)2)11-3-4-15-9-17-11;1-2/h1,3-4,7-8,16H,2,5-6,9-14H2;3-4,7,9-10,16H,5-6,8H2,1-2H3;1-2H3. The fourth-order valence-electron chi connectivity index (χ4n) is 5.91. The Labute approximate surface area is 245 Å². The highest BCUT2D eigenvalue weighted by atomic mass is 16.1. The van der Waals surface area contributed by atoms with E-state index in [-0.39, 0.29) is 5.56 Å². The van der Waals surface area contributed by atoms with E-state index in [0.717, 1.165) is 25.7 Å². The first kappa shape index (κ1) is 30.7. The lowest BCUT2D eigenvalue weighted by Gasteiger charge is -2.41. The first-order valence-corrected chi connectivity index (χ1v) is 15.5. The molecule has 0 aliphatic carbocycles. The minimum absolute atomic E-state index is 0.0835. The van der Waals surface area contributed by atoms with Gasteiger partial charge < -0.3 is 20.0 Å². The Morgan fingerprint density at radius 2 is 1.61 bits per heavy atom. The molecule has 0 bridgehead atoms. The molecule has 9 heteroatoms. The Morgan fingerprint density at radius 1 is 0.878 bits per heavy atom. The van der Waals surface area contributed by atoms with Crippen molar-refractivity contribution in [3.8, 4) is 11.4 Å². The minimum Gasteiger partial charge on any atom is -0.371 e. The van der Waals surface area contributed by atoms with E-state index in [2.05, 4.69) is 72.2 Å². The van der Waals surface area contributed by atoms with Crippen molar-refractivity contribution in [2.24, 2.45) is 7.05 Å². The molecule has 1 unspecified atom stereocenters. The highest BCUT2D eigenvalue weighted by Gasteiger charge is 2.25. The summed E-state index contributed by atoms with van der Waals surface area (Å²) in [6.45, 7) is 13.8. The van der Waals surface area contributed by atoms with Gasteiger partial charge in [0.15, 0.2) is 0 Å². The average Bonchev–Trinajstić information content (AvgIpc) is 3.05. The van der Waals surface area contributed by atoms with Crippen molar-refractivity contribution in [3.63, 3.8) is 0 Å². The number of hydrogen-bond acceptors (Lipinski definition) is 8. The summed E-state index contributed by atoms with van der Waals surface area (Å²) in [4.78, 5) is 32.3. The van der Waals surface area contributed by atoms with Crippen molar-refractivity contribution >= 4 is 11.6 Å². The van der Waals surface area contributed by atoms with Crippen LogP contribution in [0.1, 0.15) is 52.9 Å². The molecule has 1 atom stereocenters. The fraction of sp³-hybridized carbons (Fsp3) is 0.562. The van der Waals surface area contributed by atoms with Gasteiger partial charge in [-0.3, -0.25) is 9.36 Å². The minimum atomic E-state index is -0.0835. The molecular formula is C32H48N8O. The maximum absolute atomic E-state index is 12.2. The summed E-state index contributed by atoms with van der Waals surface area (Å²) in [6.07, 6.45) is 10.1. The topological polar surface area (TPSA) is 82.4 Å². The van der Waals surface area contributed by atoms with Gasteiger partial charge in [0.25, 0.3) is 5.56 Å². The van der Waals surface area contributed by atoms with E-state index in [1.807, 2.05) is 13.8 Å². The summed E-state index contributed by atoms with van der Waals surface area (Å²) in [5, 5.41) is 3.38. The highest BCUT2D eigenvalue weighted by Crippen LogP contribution is 2.24.